The SMILES string of the molecule is O=C(Cc1ccc(Cl)c(Cl)c1)NCC1(c2ccc(Cl)cc2)CCOCC1. The van der Waals surface area contributed by atoms with Crippen LogP contribution in [-0.4, -0.2) is 25.7 Å². The van der Waals surface area contributed by atoms with Gasteiger partial charge in [0, 0.05) is 30.2 Å². The van der Waals surface area contributed by atoms with Crippen molar-refractivity contribution in [1.82, 2.24) is 5.32 Å². The Morgan fingerprint density at radius 1 is 1.00 bits per heavy atom. The van der Waals surface area contributed by atoms with E-state index in [-0.39, 0.29) is 17.7 Å². The largest absolute Gasteiger partial charge is 0.381 e. The van der Waals surface area contributed by atoms with E-state index in [0.29, 0.717) is 34.8 Å². The Morgan fingerprint density at radius 3 is 2.35 bits per heavy atom. The lowest BCUT2D eigenvalue weighted by Crippen LogP contribution is -2.45. The number of carbonyl (C=O) groups excluding carboxylic acids is 1. The van der Waals surface area contributed by atoms with E-state index < -0.39 is 0 Å². The molecular formula is C20H20Cl3NO2. The van der Waals surface area contributed by atoms with Crippen molar-refractivity contribution in [1.29, 1.82) is 0 Å². The molecule has 1 aliphatic heterocycles. The molecule has 26 heavy (non-hydrogen) atoms. The highest BCUT2D eigenvalue weighted by Crippen LogP contribution is 2.35. The molecule has 1 fully saturated rings. The third-order valence-corrected chi connectivity index (χ3v) is 5.87. The molecule has 0 aliphatic carbocycles. The summed E-state index contributed by atoms with van der Waals surface area (Å²) in [6, 6.07) is 13.1. The lowest BCUT2D eigenvalue weighted by atomic mass is 9.74. The normalized spacial score (nSPS) is 16.3. The van der Waals surface area contributed by atoms with Crippen LogP contribution < -0.4 is 5.32 Å². The predicted molar refractivity (Wildman–Crippen MR) is 106 cm³/mol. The van der Waals surface area contributed by atoms with Crippen LogP contribution in [0.3, 0.4) is 0 Å². The smallest absolute Gasteiger partial charge is 0.224 e. The summed E-state index contributed by atoms with van der Waals surface area (Å²) in [5.74, 6) is -0.0387. The maximum atomic E-state index is 12.4. The third kappa shape index (κ3) is 4.72. The summed E-state index contributed by atoms with van der Waals surface area (Å²) in [5.41, 5.74) is 1.89. The van der Waals surface area contributed by atoms with E-state index in [4.69, 9.17) is 39.5 Å². The quantitative estimate of drug-likeness (QED) is 0.746. The van der Waals surface area contributed by atoms with Crippen LogP contribution in [0.5, 0.6) is 0 Å². The third-order valence-electron chi connectivity index (χ3n) is 4.88. The van der Waals surface area contributed by atoms with Gasteiger partial charge in [0.2, 0.25) is 5.91 Å². The highest BCUT2D eigenvalue weighted by molar-refractivity contribution is 6.42. The van der Waals surface area contributed by atoms with Gasteiger partial charge >= 0.3 is 0 Å². The van der Waals surface area contributed by atoms with Crippen LogP contribution in [0.4, 0.5) is 0 Å². The first-order chi connectivity index (χ1) is 12.5. The fourth-order valence-electron chi connectivity index (χ4n) is 3.30. The van der Waals surface area contributed by atoms with E-state index in [2.05, 4.69) is 5.32 Å². The van der Waals surface area contributed by atoms with E-state index in [1.165, 1.54) is 5.56 Å². The van der Waals surface area contributed by atoms with Crippen molar-refractivity contribution >= 4 is 40.7 Å². The van der Waals surface area contributed by atoms with Crippen molar-refractivity contribution in [3.8, 4) is 0 Å². The summed E-state index contributed by atoms with van der Waals surface area (Å²) in [4.78, 5) is 12.4. The van der Waals surface area contributed by atoms with Gasteiger partial charge in [-0.1, -0.05) is 53.0 Å². The lowest BCUT2D eigenvalue weighted by molar-refractivity contribution is -0.120. The minimum absolute atomic E-state index is 0.0387. The molecule has 1 N–H and O–H groups in total. The lowest BCUT2D eigenvalue weighted by Gasteiger charge is -2.38. The summed E-state index contributed by atoms with van der Waals surface area (Å²) in [7, 11) is 0. The maximum Gasteiger partial charge on any atom is 0.224 e. The van der Waals surface area contributed by atoms with Gasteiger partial charge < -0.3 is 10.1 Å². The summed E-state index contributed by atoms with van der Waals surface area (Å²) >= 11 is 18.0. The Morgan fingerprint density at radius 2 is 1.69 bits per heavy atom. The average Bonchev–Trinajstić information content (AvgIpc) is 2.64. The van der Waals surface area contributed by atoms with Crippen molar-refractivity contribution in [2.24, 2.45) is 0 Å². The van der Waals surface area contributed by atoms with E-state index in [9.17, 15) is 4.79 Å². The number of benzene rings is 2. The number of hydrogen-bond acceptors (Lipinski definition) is 2. The molecule has 3 rings (SSSR count). The standard InChI is InChI=1S/C20H20Cl3NO2/c21-16-4-2-15(3-5-16)20(7-9-26-10-8-20)13-24-19(25)12-14-1-6-17(22)18(23)11-14/h1-6,11H,7-10,12-13H2,(H,24,25). The Kier molecular flexibility index (Phi) is 6.46. The molecule has 6 heteroatoms. The van der Waals surface area contributed by atoms with Gasteiger partial charge in [0.15, 0.2) is 0 Å². The molecule has 0 bridgehead atoms. The van der Waals surface area contributed by atoms with Crippen molar-refractivity contribution in [3.05, 3.63) is 68.7 Å². The summed E-state index contributed by atoms with van der Waals surface area (Å²) in [5, 5.41) is 4.74. The van der Waals surface area contributed by atoms with Crippen LogP contribution >= 0.6 is 34.8 Å². The second-order valence-electron chi connectivity index (χ2n) is 6.60. The van der Waals surface area contributed by atoms with Crippen molar-refractivity contribution in [2.75, 3.05) is 19.8 Å². The minimum Gasteiger partial charge on any atom is -0.381 e. The molecule has 0 aromatic heterocycles. The molecule has 2 aromatic carbocycles. The highest BCUT2D eigenvalue weighted by Gasteiger charge is 2.34. The second-order valence-corrected chi connectivity index (χ2v) is 7.85. The van der Waals surface area contributed by atoms with E-state index in [0.717, 1.165) is 18.4 Å². The number of nitrogens with one attached hydrogen (secondary N) is 1. The average molecular weight is 413 g/mol. The van der Waals surface area contributed by atoms with Gasteiger partial charge in [0.1, 0.15) is 0 Å². The van der Waals surface area contributed by atoms with Gasteiger partial charge in [0.05, 0.1) is 16.5 Å². The summed E-state index contributed by atoms with van der Waals surface area (Å²) in [6.45, 7) is 1.94. The molecule has 0 radical (unpaired) electrons. The fraction of sp³-hybridized carbons (Fsp3) is 0.350. The van der Waals surface area contributed by atoms with Gasteiger partial charge in [0.25, 0.3) is 0 Å². The maximum absolute atomic E-state index is 12.4. The molecule has 0 atom stereocenters. The number of hydrogen-bond donors (Lipinski definition) is 1. The topological polar surface area (TPSA) is 38.3 Å². The Balaban J connectivity index is 1.68. The van der Waals surface area contributed by atoms with Gasteiger partial charge in [-0.05, 0) is 48.2 Å². The summed E-state index contributed by atoms with van der Waals surface area (Å²) in [6.07, 6.45) is 1.99. The Bertz CT molecular complexity index is 771. The van der Waals surface area contributed by atoms with Crippen LogP contribution in [0.1, 0.15) is 24.0 Å². The van der Waals surface area contributed by atoms with E-state index in [1.54, 1.807) is 12.1 Å². The number of amides is 1. The molecule has 0 unspecified atom stereocenters. The monoisotopic (exact) mass is 411 g/mol. The van der Waals surface area contributed by atoms with Crippen LogP contribution in [0, 0.1) is 0 Å². The molecule has 138 valence electrons. The number of rotatable bonds is 5. The molecule has 1 heterocycles. The Hall–Kier alpha value is -1.26. The van der Waals surface area contributed by atoms with Gasteiger partial charge in [-0.25, -0.2) is 0 Å². The molecule has 1 amide bonds. The molecule has 1 aliphatic rings. The molecular weight excluding hydrogens is 393 g/mol. The molecule has 2 aromatic rings. The number of ether oxygens (including phenoxy) is 1. The Labute approximate surface area is 168 Å². The molecule has 1 saturated heterocycles. The van der Waals surface area contributed by atoms with Crippen molar-refractivity contribution in [2.45, 2.75) is 24.7 Å². The molecule has 0 saturated carbocycles. The predicted octanol–water partition coefficient (Wildman–Crippen LogP) is 5.05. The van der Waals surface area contributed by atoms with E-state index in [1.807, 2.05) is 30.3 Å². The molecule has 0 spiro atoms. The zero-order valence-electron chi connectivity index (χ0n) is 14.2. The first kappa shape index (κ1) is 19.5. The highest BCUT2D eigenvalue weighted by atomic mass is 35.5. The van der Waals surface area contributed by atoms with E-state index >= 15 is 0 Å². The van der Waals surface area contributed by atoms with Gasteiger partial charge in [-0.15, -0.1) is 0 Å². The first-order valence-corrected chi connectivity index (χ1v) is 9.66. The fourth-order valence-corrected chi connectivity index (χ4v) is 3.75. The number of halogens is 3. The van der Waals surface area contributed by atoms with Gasteiger partial charge in [-0.3, -0.25) is 4.79 Å². The van der Waals surface area contributed by atoms with Crippen LogP contribution in [-0.2, 0) is 21.4 Å². The zero-order chi connectivity index (χ0) is 18.6. The van der Waals surface area contributed by atoms with Crippen molar-refractivity contribution < 1.29 is 9.53 Å². The summed E-state index contributed by atoms with van der Waals surface area (Å²) < 4.78 is 5.53. The minimum atomic E-state index is -0.129. The molecule has 3 nitrogen and oxygen atoms in total. The van der Waals surface area contributed by atoms with Crippen LogP contribution in [0.15, 0.2) is 42.5 Å². The van der Waals surface area contributed by atoms with Crippen LogP contribution in [0.25, 0.3) is 0 Å². The zero-order valence-corrected chi connectivity index (χ0v) is 16.5. The van der Waals surface area contributed by atoms with Gasteiger partial charge in [-0.2, -0.15) is 0 Å². The number of carbonyl (C=O) groups is 1. The van der Waals surface area contributed by atoms with Crippen molar-refractivity contribution in [3.63, 3.8) is 0 Å². The van der Waals surface area contributed by atoms with Crippen LogP contribution in [0.2, 0.25) is 15.1 Å². The second kappa shape index (κ2) is 8.62. The first-order valence-electron chi connectivity index (χ1n) is 8.53.